The smallest absolute Gasteiger partial charge is 0.335 e. The molecule has 0 fully saturated rings. The fourth-order valence-corrected chi connectivity index (χ4v) is 1.52. The molecule has 1 aromatic carbocycles. The Labute approximate surface area is 89.4 Å². The minimum atomic E-state index is -0.879. The molecule has 0 atom stereocenters. The molecule has 2 nitrogen and oxygen atoms in total. The van der Waals surface area contributed by atoms with E-state index in [1.807, 2.05) is 26.0 Å². The molecule has 0 aliphatic heterocycles. The van der Waals surface area contributed by atoms with Crippen molar-refractivity contribution in [1.82, 2.24) is 0 Å². The molecule has 3 heteroatoms. The van der Waals surface area contributed by atoms with E-state index < -0.39 is 5.97 Å². The van der Waals surface area contributed by atoms with Gasteiger partial charge in [-0.25, -0.2) is 4.79 Å². The third kappa shape index (κ3) is 2.10. The van der Waals surface area contributed by atoms with E-state index >= 15 is 0 Å². The molecule has 0 heterocycles. The van der Waals surface area contributed by atoms with Gasteiger partial charge in [0.25, 0.3) is 0 Å². The van der Waals surface area contributed by atoms with Gasteiger partial charge >= 0.3 is 5.97 Å². The second-order valence-corrected chi connectivity index (χ2v) is 4.21. The van der Waals surface area contributed by atoms with E-state index in [0.717, 1.165) is 5.56 Å². The third-order valence-electron chi connectivity index (χ3n) is 2.28. The van der Waals surface area contributed by atoms with Crippen molar-refractivity contribution in [1.29, 1.82) is 0 Å². The molecule has 0 saturated carbocycles. The Morgan fingerprint density at radius 2 is 2.00 bits per heavy atom. The minimum Gasteiger partial charge on any atom is -0.478 e. The van der Waals surface area contributed by atoms with Gasteiger partial charge in [-0.05, 0) is 22.8 Å². The summed E-state index contributed by atoms with van der Waals surface area (Å²) in [5.41, 5.74) is 0.993. The van der Waals surface area contributed by atoms with Crippen molar-refractivity contribution in [2.45, 2.75) is 19.3 Å². The van der Waals surface area contributed by atoms with Gasteiger partial charge in [0.2, 0.25) is 0 Å². The highest BCUT2D eigenvalue weighted by Crippen LogP contribution is 2.27. The molecule has 1 rings (SSSR count). The van der Waals surface area contributed by atoms with Crippen molar-refractivity contribution in [2.75, 3.05) is 5.75 Å². The number of carbonyl (C=O) groups is 1. The van der Waals surface area contributed by atoms with E-state index in [1.165, 1.54) is 0 Å². The summed E-state index contributed by atoms with van der Waals surface area (Å²) in [4.78, 5) is 11.0. The molecule has 1 aromatic rings. The summed E-state index contributed by atoms with van der Waals surface area (Å²) in [6.45, 7) is 3.98. The first kappa shape index (κ1) is 11.1. The number of carboxylic acids is 1. The summed E-state index contributed by atoms with van der Waals surface area (Å²) in [7, 11) is 0. The van der Waals surface area contributed by atoms with Gasteiger partial charge in [0.1, 0.15) is 0 Å². The number of rotatable bonds is 3. The van der Waals surface area contributed by atoms with Crippen LogP contribution in [0, 0.1) is 0 Å². The molecular weight excluding hydrogens is 196 g/mol. The van der Waals surface area contributed by atoms with Crippen molar-refractivity contribution in [3.05, 3.63) is 35.4 Å². The third-order valence-corrected chi connectivity index (χ3v) is 3.07. The highest BCUT2D eigenvalue weighted by molar-refractivity contribution is 7.80. The van der Waals surface area contributed by atoms with Crippen LogP contribution >= 0.6 is 12.6 Å². The largest absolute Gasteiger partial charge is 0.478 e. The van der Waals surface area contributed by atoms with Crippen LogP contribution < -0.4 is 0 Å². The summed E-state index contributed by atoms with van der Waals surface area (Å²) < 4.78 is 0. The van der Waals surface area contributed by atoms with Crippen molar-refractivity contribution in [3.8, 4) is 0 Å². The predicted molar refractivity (Wildman–Crippen MR) is 60.3 cm³/mol. The fraction of sp³-hybridized carbons (Fsp3) is 0.364. The van der Waals surface area contributed by atoms with Crippen molar-refractivity contribution >= 4 is 18.6 Å². The van der Waals surface area contributed by atoms with Crippen LogP contribution in [0.1, 0.15) is 29.8 Å². The molecule has 0 saturated heterocycles. The molecule has 76 valence electrons. The second kappa shape index (κ2) is 4.05. The molecule has 0 bridgehead atoms. The lowest BCUT2D eigenvalue weighted by atomic mass is 9.83. The lowest BCUT2D eigenvalue weighted by Gasteiger charge is -2.24. The van der Waals surface area contributed by atoms with Gasteiger partial charge < -0.3 is 5.11 Å². The molecule has 0 aliphatic carbocycles. The van der Waals surface area contributed by atoms with Crippen LogP contribution in [-0.2, 0) is 5.41 Å². The summed E-state index contributed by atoms with van der Waals surface area (Å²) in [6, 6.07) is 7.07. The second-order valence-electron chi connectivity index (χ2n) is 3.89. The van der Waals surface area contributed by atoms with E-state index in [1.54, 1.807) is 12.1 Å². The van der Waals surface area contributed by atoms with Gasteiger partial charge in [0.05, 0.1) is 5.56 Å². The summed E-state index contributed by atoms with van der Waals surface area (Å²) in [5.74, 6) is -0.257. The van der Waals surface area contributed by atoms with Gasteiger partial charge in [0, 0.05) is 0 Å². The zero-order chi connectivity index (χ0) is 10.8. The fourth-order valence-electron chi connectivity index (χ4n) is 1.34. The zero-order valence-corrected chi connectivity index (χ0v) is 9.21. The molecule has 0 spiro atoms. The number of carboxylic acid groups (broad SMARTS) is 1. The molecule has 0 unspecified atom stereocenters. The Morgan fingerprint density at radius 1 is 1.43 bits per heavy atom. The Bertz CT molecular complexity index is 345. The topological polar surface area (TPSA) is 37.3 Å². The van der Waals surface area contributed by atoms with E-state index in [-0.39, 0.29) is 5.41 Å². The van der Waals surface area contributed by atoms with E-state index in [9.17, 15) is 4.79 Å². The Hall–Kier alpha value is -0.960. The van der Waals surface area contributed by atoms with Crippen molar-refractivity contribution < 1.29 is 9.90 Å². The number of hydrogen-bond donors (Lipinski definition) is 2. The Balaban J connectivity index is 3.27. The highest BCUT2D eigenvalue weighted by Gasteiger charge is 2.23. The van der Waals surface area contributed by atoms with Crippen LogP contribution in [0.4, 0.5) is 0 Å². The summed E-state index contributed by atoms with van der Waals surface area (Å²) >= 11 is 4.24. The number of aromatic carboxylic acids is 1. The van der Waals surface area contributed by atoms with Crippen molar-refractivity contribution in [3.63, 3.8) is 0 Å². The molecule has 0 aliphatic rings. The van der Waals surface area contributed by atoms with Crippen LogP contribution in [-0.4, -0.2) is 16.8 Å². The molecule has 0 radical (unpaired) electrons. The van der Waals surface area contributed by atoms with Gasteiger partial charge in [-0.2, -0.15) is 12.6 Å². The first-order chi connectivity index (χ1) is 6.49. The molecular formula is C11H14O2S. The van der Waals surface area contributed by atoms with Crippen molar-refractivity contribution in [2.24, 2.45) is 0 Å². The van der Waals surface area contributed by atoms with Gasteiger partial charge in [0.15, 0.2) is 0 Å². The standard InChI is InChI=1S/C11H14O2S/c1-11(2,7-14)9-6-4-3-5-8(9)10(12)13/h3-6,14H,7H2,1-2H3,(H,12,13). The first-order valence-electron chi connectivity index (χ1n) is 4.42. The average Bonchev–Trinajstić information content (AvgIpc) is 2.18. The molecule has 1 N–H and O–H groups in total. The maximum Gasteiger partial charge on any atom is 0.335 e. The van der Waals surface area contributed by atoms with Crippen LogP contribution in [0.3, 0.4) is 0 Å². The number of benzene rings is 1. The number of hydrogen-bond acceptors (Lipinski definition) is 2. The monoisotopic (exact) mass is 210 g/mol. The SMILES string of the molecule is CC(C)(CS)c1ccccc1C(=O)O. The van der Waals surface area contributed by atoms with Crippen LogP contribution in [0.2, 0.25) is 0 Å². The normalized spacial score (nSPS) is 11.4. The minimum absolute atomic E-state index is 0.210. The highest BCUT2D eigenvalue weighted by atomic mass is 32.1. The van der Waals surface area contributed by atoms with Crippen LogP contribution in [0.5, 0.6) is 0 Å². The van der Waals surface area contributed by atoms with E-state index in [4.69, 9.17) is 5.11 Å². The zero-order valence-electron chi connectivity index (χ0n) is 8.32. The van der Waals surface area contributed by atoms with Gasteiger partial charge in [-0.15, -0.1) is 0 Å². The quantitative estimate of drug-likeness (QED) is 0.752. The first-order valence-corrected chi connectivity index (χ1v) is 5.06. The lowest BCUT2D eigenvalue weighted by Crippen LogP contribution is -2.22. The Kier molecular flexibility index (Phi) is 3.21. The van der Waals surface area contributed by atoms with Crippen LogP contribution in [0.25, 0.3) is 0 Å². The van der Waals surface area contributed by atoms with E-state index in [2.05, 4.69) is 12.6 Å². The maximum atomic E-state index is 11.0. The average molecular weight is 210 g/mol. The van der Waals surface area contributed by atoms with E-state index in [0.29, 0.717) is 11.3 Å². The maximum absolute atomic E-state index is 11.0. The Morgan fingerprint density at radius 3 is 2.50 bits per heavy atom. The molecule has 0 aromatic heterocycles. The van der Waals surface area contributed by atoms with Gasteiger partial charge in [-0.3, -0.25) is 0 Å². The molecule has 0 amide bonds. The summed E-state index contributed by atoms with van der Waals surface area (Å²) in [5, 5.41) is 9.00. The van der Waals surface area contributed by atoms with Crippen LogP contribution in [0.15, 0.2) is 24.3 Å². The molecule has 14 heavy (non-hydrogen) atoms. The summed E-state index contributed by atoms with van der Waals surface area (Å²) in [6.07, 6.45) is 0. The number of thiol groups is 1. The van der Waals surface area contributed by atoms with Gasteiger partial charge in [-0.1, -0.05) is 32.0 Å². The predicted octanol–water partition coefficient (Wildman–Crippen LogP) is 2.59. The lowest BCUT2D eigenvalue weighted by molar-refractivity contribution is 0.0694.